The Balaban J connectivity index is 1.02. The van der Waals surface area contributed by atoms with Gasteiger partial charge in [0.25, 0.3) is 17.7 Å². The minimum Gasteiger partial charge on any atom is -0.493 e. The van der Waals surface area contributed by atoms with E-state index in [2.05, 4.69) is 15.6 Å². The molecule has 5 heterocycles. The van der Waals surface area contributed by atoms with Crippen LogP contribution in [0.5, 0.6) is 11.5 Å². The topological polar surface area (TPSA) is 194 Å². The highest BCUT2D eigenvalue weighted by Gasteiger charge is 2.50. The summed E-state index contributed by atoms with van der Waals surface area (Å²) in [7, 11) is 7.62. The van der Waals surface area contributed by atoms with Crippen LogP contribution in [0.1, 0.15) is 57.1 Å². The Morgan fingerprint density at radius 1 is 0.931 bits per heavy atom. The molecule has 4 aromatic rings. The number of hydrogen-bond acceptors (Lipinski definition) is 12. The van der Waals surface area contributed by atoms with E-state index < -0.39 is 49.1 Å². The molecule has 0 saturated carbocycles. The van der Waals surface area contributed by atoms with E-state index in [1.165, 1.54) is 43.1 Å². The zero-order chi connectivity index (χ0) is 41.1. The number of aromatic nitrogens is 3. The minimum atomic E-state index is -1.02. The number of carbonyl (C=O) groups excluding carboxylic acids is 5. The number of rotatable bonds is 13. The fourth-order valence-corrected chi connectivity index (χ4v) is 7.55. The highest BCUT2D eigenvalue weighted by molar-refractivity contribution is 6.05. The monoisotopic (exact) mass is 799 g/mol. The summed E-state index contributed by atoms with van der Waals surface area (Å²) in [4.78, 5) is 72.8. The number of nitrogens with zero attached hydrogens (tertiary/aromatic N) is 5. The molecule has 2 fully saturated rings. The SMILES string of the molecule is COC(=O)c1cc(-c2ccc(NC(=O)c3nc(NC(=O)CO[C@H]4CCN5C(=O)c6cc(OC)c(OC)cc6N(C=O)C(OC6CCCCO6)[C@H]45)cn3C)cc2)cn1C. The predicted molar refractivity (Wildman–Crippen MR) is 208 cm³/mol. The van der Waals surface area contributed by atoms with Crippen LogP contribution in [0.2, 0.25) is 0 Å². The maximum atomic E-state index is 14.1. The summed E-state index contributed by atoms with van der Waals surface area (Å²) in [6, 6.07) is 11.1. The average molecular weight is 800 g/mol. The van der Waals surface area contributed by atoms with E-state index in [1.807, 2.05) is 18.3 Å². The van der Waals surface area contributed by atoms with Gasteiger partial charge in [-0.25, -0.2) is 9.78 Å². The molecule has 3 aliphatic rings. The number of amides is 4. The van der Waals surface area contributed by atoms with Crippen LogP contribution >= 0.6 is 0 Å². The van der Waals surface area contributed by atoms with Crippen LogP contribution in [-0.4, -0.2) is 115 Å². The Hall–Kier alpha value is -6.24. The number of esters is 1. The van der Waals surface area contributed by atoms with Gasteiger partial charge >= 0.3 is 5.97 Å². The van der Waals surface area contributed by atoms with Gasteiger partial charge in [0.2, 0.25) is 12.2 Å². The lowest BCUT2D eigenvalue weighted by atomic mass is 10.1. The molecule has 58 heavy (non-hydrogen) atoms. The van der Waals surface area contributed by atoms with Gasteiger partial charge in [-0.05, 0) is 55.5 Å². The van der Waals surface area contributed by atoms with Crippen molar-refractivity contribution in [2.45, 2.75) is 50.3 Å². The number of carbonyl (C=O) groups is 5. The van der Waals surface area contributed by atoms with Gasteiger partial charge in [0.1, 0.15) is 18.3 Å². The smallest absolute Gasteiger partial charge is 0.354 e. The van der Waals surface area contributed by atoms with Crippen molar-refractivity contribution in [1.29, 1.82) is 0 Å². The summed E-state index contributed by atoms with van der Waals surface area (Å²) in [6.45, 7) is 0.345. The van der Waals surface area contributed by atoms with Gasteiger partial charge in [0.05, 0.1) is 38.7 Å². The lowest BCUT2D eigenvalue weighted by Crippen LogP contribution is -2.55. The third-order valence-corrected chi connectivity index (χ3v) is 10.4. The second kappa shape index (κ2) is 17.1. The first kappa shape index (κ1) is 40.0. The number of fused-ring (bicyclic) bond motifs is 2. The van der Waals surface area contributed by atoms with Crippen molar-refractivity contribution in [2.75, 3.05) is 56.6 Å². The minimum absolute atomic E-state index is 0.0428. The molecular formula is C40H45N7O11. The maximum absolute atomic E-state index is 14.1. The van der Waals surface area contributed by atoms with Gasteiger partial charge in [0.15, 0.2) is 29.8 Å². The van der Waals surface area contributed by atoms with Crippen molar-refractivity contribution < 1.29 is 52.4 Å². The number of nitrogens with one attached hydrogen (secondary N) is 2. The van der Waals surface area contributed by atoms with Gasteiger partial charge < -0.3 is 53.1 Å². The molecule has 18 nitrogen and oxygen atoms in total. The number of ether oxygens (including phenoxy) is 6. The van der Waals surface area contributed by atoms with Gasteiger partial charge in [-0.15, -0.1) is 0 Å². The number of anilines is 3. The molecule has 2 saturated heterocycles. The third-order valence-electron chi connectivity index (χ3n) is 10.4. The van der Waals surface area contributed by atoms with Gasteiger partial charge in [-0.2, -0.15) is 0 Å². The Morgan fingerprint density at radius 3 is 2.38 bits per heavy atom. The van der Waals surface area contributed by atoms with Crippen molar-refractivity contribution in [3.05, 3.63) is 71.9 Å². The van der Waals surface area contributed by atoms with Crippen LogP contribution in [0.3, 0.4) is 0 Å². The fourth-order valence-electron chi connectivity index (χ4n) is 7.55. The quantitative estimate of drug-likeness (QED) is 0.148. The van der Waals surface area contributed by atoms with Crippen molar-refractivity contribution in [3.8, 4) is 22.6 Å². The molecule has 2 unspecified atom stereocenters. The summed E-state index contributed by atoms with van der Waals surface area (Å²) in [5.41, 5.74) is 3.05. The number of benzene rings is 2. The molecule has 7 rings (SSSR count). The maximum Gasteiger partial charge on any atom is 0.354 e. The van der Waals surface area contributed by atoms with Crippen LogP contribution < -0.4 is 25.0 Å². The standard InChI is InChI=1S/C40H45N7O11/c1-44-19-24(16-28(44)40(52)55-5)23-9-11-25(12-10-23)41-37(50)36-43-32(20-45(36)2)42-33(49)21-57-29-13-14-46-35(29)39(58-34-8-6-7-15-56-34)47(22-48)27-18-31(54-4)30(53-3)17-26(27)38(46)51/h9-12,16-20,22,29,34-35,39H,6-8,13-15,21H2,1-5H3,(H,41,50)(H,42,49)/t29-,34?,35-,39?/m0/s1. The lowest BCUT2D eigenvalue weighted by Gasteiger charge is -2.38. The van der Waals surface area contributed by atoms with E-state index in [-0.39, 0.29) is 35.3 Å². The highest BCUT2D eigenvalue weighted by Crippen LogP contribution is 2.42. The molecule has 18 heteroatoms. The summed E-state index contributed by atoms with van der Waals surface area (Å²) >= 11 is 0. The average Bonchev–Trinajstić information content (AvgIpc) is 3.94. The zero-order valence-corrected chi connectivity index (χ0v) is 32.8. The Bertz CT molecular complexity index is 2190. The second-order valence-corrected chi connectivity index (χ2v) is 14.0. The normalized spacial score (nSPS) is 20.1. The number of hydrogen-bond donors (Lipinski definition) is 2. The molecule has 4 amide bonds. The van der Waals surface area contributed by atoms with Crippen LogP contribution in [0.25, 0.3) is 11.1 Å². The van der Waals surface area contributed by atoms with Gasteiger partial charge in [0, 0.05) is 57.0 Å². The summed E-state index contributed by atoms with van der Waals surface area (Å²) in [5, 5.41) is 5.49. The third kappa shape index (κ3) is 7.98. The fraction of sp³-hybridized carbons (Fsp3) is 0.400. The van der Waals surface area contributed by atoms with E-state index in [4.69, 9.17) is 28.4 Å². The number of aryl methyl sites for hydroxylation is 2. The van der Waals surface area contributed by atoms with Crippen molar-refractivity contribution >= 4 is 47.3 Å². The largest absolute Gasteiger partial charge is 0.493 e. The summed E-state index contributed by atoms with van der Waals surface area (Å²) < 4.78 is 37.5. The van der Waals surface area contributed by atoms with Gasteiger partial charge in [-0.1, -0.05) is 12.1 Å². The Morgan fingerprint density at radius 2 is 1.69 bits per heavy atom. The molecule has 0 bridgehead atoms. The molecule has 2 aromatic heterocycles. The first-order chi connectivity index (χ1) is 28.0. The van der Waals surface area contributed by atoms with Gasteiger partial charge in [-0.3, -0.25) is 24.1 Å². The second-order valence-electron chi connectivity index (χ2n) is 14.0. The van der Waals surface area contributed by atoms with Crippen molar-refractivity contribution in [2.24, 2.45) is 14.1 Å². The van der Waals surface area contributed by atoms with Crippen LogP contribution in [0.4, 0.5) is 17.2 Å². The molecule has 2 aromatic carbocycles. The zero-order valence-electron chi connectivity index (χ0n) is 32.8. The molecule has 306 valence electrons. The van der Waals surface area contributed by atoms with Crippen LogP contribution in [-0.2, 0) is 42.6 Å². The van der Waals surface area contributed by atoms with E-state index in [0.29, 0.717) is 48.7 Å². The highest BCUT2D eigenvalue weighted by atomic mass is 16.7. The molecule has 0 spiro atoms. The summed E-state index contributed by atoms with van der Waals surface area (Å²) in [5.74, 6) is -1.05. The Labute approximate surface area is 333 Å². The van der Waals surface area contributed by atoms with Crippen LogP contribution in [0.15, 0.2) is 54.9 Å². The predicted octanol–water partition coefficient (Wildman–Crippen LogP) is 3.57. The molecule has 0 aliphatic carbocycles. The van der Waals surface area contributed by atoms with E-state index in [0.717, 1.165) is 24.0 Å². The number of methoxy groups -OCH3 is 3. The van der Waals surface area contributed by atoms with E-state index in [9.17, 15) is 24.0 Å². The van der Waals surface area contributed by atoms with Crippen molar-refractivity contribution in [3.63, 3.8) is 0 Å². The lowest BCUT2D eigenvalue weighted by molar-refractivity contribution is -0.202. The Kier molecular flexibility index (Phi) is 11.8. The number of imidazole rings is 1. The molecule has 2 N–H and O–H groups in total. The first-order valence-corrected chi connectivity index (χ1v) is 18.7. The van der Waals surface area contributed by atoms with E-state index >= 15 is 0 Å². The summed E-state index contributed by atoms with van der Waals surface area (Å²) in [6.07, 6.45) is 4.26. The molecular weight excluding hydrogens is 754 g/mol. The first-order valence-electron chi connectivity index (χ1n) is 18.7. The van der Waals surface area contributed by atoms with Crippen molar-refractivity contribution in [1.82, 2.24) is 19.0 Å². The van der Waals surface area contributed by atoms with Crippen LogP contribution in [0, 0.1) is 0 Å². The molecule has 0 radical (unpaired) electrons. The van der Waals surface area contributed by atoms with E-state index in [1.54, 1.807) is 47.8 Å². The molecule has 4 atom stereocenters. The molecule has 3 aliphatic heterocycles.